The van der Waals surface area contributed by atoms with Gasteiger partial charge in [0.2, 0.25) is 0 Å². The van der Waals surface area contributed by atoms with Gasteiger partial charge in [0, 0.05) is 19.4 Å². The molecule has 2 rings (SSSR count). The highest BCUT2D eigenvalue weighted by Gasteiger charge is 2.16. The second kappa shape index (κ2) is 5.09. The number of carbonyl (C=O) groups is 1. The smallest absolute Gasteiger partial charge is 0.339 e. The third-order valence-electron chi connectivity index (χ3n) is 2.87. The highest BCUT2D eigenvalue weighted by molar-refractivity contribution is 5.95. The van der Waals surface area contributed by atoms with Crippen LogP contribution in [0.5, 0.6) is 0 Å². The molecule has 100 valence electrons. The zero-order valence-corrected chi connectivity index (χ0v) is 11.1. The average molecular weight is 260 g/mol. The summed E-state index contributed by atoms with van der Waals surface area (Å²) < 4.78 is 1.69. The van der Waals surface area contributed by atoms with E-state index in [-0.39, 0.29) is 5.56 Å². The van der Waals surface area contributed by atoms with Crippen LogP contribution in [0.2, 0.25) is 0 Å². The van der Waals surface area contributed by atoms with Gasteiger partial charge in [0.1, 0.15) is 11.4 Å². The Hall–Kier alpha value is -2.37. The zero-order chi connectivity index (χ0) is 14.0. The predicted octanol–water partition coefficient (Wildman–Crippen LogP) is 2.13. The van der Waals surface area contributed by atoms with Gasteiger partial charge in [-0.15, -0.1) is 0 Å². The van der Waals surface area contributed by atoms with Crippen LogP contribution in [0.15, 0.2) is 18.5 Å². The Morgan fingerprint density at radius 2 is 2.26 bits per heavy atom. The standard InChI is InChI=1S/C13H16N4O2/c1-4-9-10(7-17(3)16-9)15-12-11(13(18)19)8(2)5-6-14-12/h5-7H,4H2,1-3H3,(H,14,15)(H,18,19). The van der Waals surface area contributed by atoms with E-state index in [0.717, 1.165) is 17.8 Å². The van der Waals surface area contributed by atoms with Crippen LogP contribution in [-0.2, 0) is 13.5 Å². The number of hydrogen-bond acceptors (Lipinski definition) is 4. The molecule has 0 aromatic carbocycles. The van der Waals surface area contributed by atoms with Crippen LogP contribution >= 0.6 is 0 Å². The van der Waals surface area contributed by atoms with Gasteiger partial charge < -0.3 is 10.4 Å². The van der Waals surface area contributed by atoms with Crippen molar-refractivity contribution in [3.63, 3.8) is 0 Å². The predicted molar refractivity (Wildman–Crippen MR) is 71.8 cm³/mol. The Balaban J connectivity index is 2.43. The summed E-state index contributed by atoms with van der Waals surface area (Å²) in [5.41, 5.74) is 2.52. The fraction of sp³-hybridized carbons (Fsp3) is 0.308. The molecule has 0 aliphatic rings. The Morgan fingerprint density at radius 3 is 2.89 bits per heavy atom. The van der Waals surface area contributed by atoms with Crippen LogP contribution < -0.4 is 5.32 Å². The monoisotopic (exact) mass is 260 g/mol. The first-order valence-corrected chi connectivity index (χ1v) is 6.01. The van der Waals surface area contributed by atoms with Crippen LogP contribution in [0, 0.1) is 6.92 Å². The van der Waals surface area contributed by atoms with E-state index in [1.807, 2.05) is 20.2 Å². The SMILES string of the molecule is CCc1nn(C)cc1Nc1nccc(C)c1C(=O)O. The lowest BCUT2D eigenvalue weighted by molar-refractivity contribution is 0.0697. The van der Waals surface area contributed by atoms with Crippen LogP contribution in [0.3, 0.4) is 0 Å². The molecule has 6 heteroatoms. The number of hydrogen-bond donors (Lipinski definition) is 2. The topological polar surface area (TPSA) is 80.0 Å². The maximum Gasteiger partial charge on any atom is 0.339 e. The van der Waals surface area contributed by atoms with Crippen molar-refractivity contribution < 1.29 is 9.90 Å². The quantitative estimate of drug-likeness (QED) is 0.880. The van der Waals surface area contributed by atoms with Gasteiger partial charge in [0.15, 0.2) is 0 Å². The number of pyridine rings is 1. The largest absolute Gasteiger partial charge is 0.478 e. The number of rotatable bonds is 4. The Bertz CT molecular complexity index is 619. The molecular formula is C13H16N4O2. The van der Waals surface area contributed by atoms with E-state index in [4.69, 9.17) is 0 Å². The molecule has 0 saturated carbocycles. The first kappa shape index (κ1) is 13.1. The summed E-state index contributed by atoms with van der Waals surface area (Å²) in [5.74, 6) is -0.648. The third kappa shape index (κ3) is 2.57. The number of carboxylic acids is 1. The lowest BCUT2D eigenvalue weighted by atomic mass is 10.1. The van der Waals surface area contributed by atoms with Gasteiger partial charge in [-0.1, -0.05) is 6.92 Å². The molecule has 0 atom stereocenters. The molecule has 0 bridgehead atoms. The van der Waals surface area contributed by atoms with Crippen molar-refractivity contribution in [1.29, 1.82) is 0 Å². The number of aromatic nitrogens is 3. The molecule has 0 saturated heterocycles. The molecule has 0 spiro atoms. The van der Waals surface area contributed by atoms with Gasteiger partial charge in [0.05, 0.1) is 11.4 Å². The summed E-state index contributed by atoms with van der Waals surface area (Å²) in [5, 5.41) is 16.6. The molecular weight excluding hydrogens is 244 g/mol. The zero-order valence-electron chi connectivity index (χ0n) is 11.1. The first-order valence-electron chi connectivity index (χ1n) is 6.01. The number of carboxylic acid groups (broad SMARTS) is 1. The van der Waals surface area contributed by atoms with E-state index in [0.29, 0.717) is 11.4 Å². The van der Waals surface area contributed by atoms with Crippen molar-refractivity contribution in [2.24, 2.45) is 7.05 Å². The number of aromatic carboxylic acids is 1. The Labute approximate surface area is 111 Å². The first-order chi connectivity index (χ1) is 9.02. The van der Waals surface area contributed by atoms with Crippen molar-refractivity contribution in [3.05, 3.63) is 35.3 Å². The second-order valence-corrected chi connectivity index (χ2v) is 4.30. The lowest BCUT2D eigenvalue weighted by Gasteiger charge is -2.09. The minimum atomic E-state index is -0.991. The van der Waals surface area contributed by atoms with Crippen molar-refractivity contribution in [1.82, 2.24) is 14.8 Å². The fourth-order valence-corrected chi connectivity index (χ4v) is 1.95. The normalized spacial score (nSPS) is 10.5. The van der Waals surface area contributed by atoms with Gasteiger partial charge in [-0.2, -0.15) is 5.10 Å². The molecule has 0 amide bonds. The molecule has 0 aliphatic carbocycles. The molecule has 2 aromatic heterocycles. The summed E-state index contributed by atoms with van der Waals surface area (Å²) in [6.45, 7) is 3.75. The number of aryl methyl sites for hydroxylation is 3. The second-order valence-electron chi connectivity index (χ2n) is 4.30. The minimum Gasteiger partial charge on any atom is -0.478 e. The summed E-state index contributed by atoms with van der Waals surface area (Å²) in [6, 6.07) is 1.68. The molecule has 0 aliphatic heterocycles. The summed E-state index contributed by atoms with van der Waals surface area (Å²) in [7, 11) is 1.83. The molecule has 0 unspecified atom stereocenters. The van der Waals surface area contributed by atoms with Crippen LogP contribution in [0.4, 0.5) is 11.5 Å². The highest BCUT2D eigenvalue weighted by atomic mass is 16.4. The lowest BCUT2D eigenvalue weighted by Crippen LogP contribution is -2.07. The summed E-state index contributed by atoms with van der Waals surface area (Å²) in [4.78, 5) is 15.4. The number of nitrogens with one attached hydrogen (secondary N) is 1. The summed E-state index contributed by atoms with van der Waals surface area (Å²) >= 11 is 0. The summed E-state index contributed by atoms with van der Waals surface area (Å²) in [6.07, 6.45) is 4.16. The van der Waals surface area contributed by atoms with E-state index in [2.05, 4.69) is 15.4 Å². The van der Waals surface area contributed by atoms with E-state index in [1.165, 1.54) is 0 Å². The Kier molecular flexibility index (Phi) is 3.50. The Morgan fingerprint density at radius 1 is 1.53 bits per heavy atom. The fourth-order valence-electron chi connectivity index (χ4n) is 1.95. The number of nitrogens with zero attached hydrogens (tertiary/aromatic N) is 3. The van der Waals surface area contributed by atoms with Gasteiger partial charge in [-0.05, 0) is 25.0 Å². The van der Waals surface area contributed by atoms with Crippen LogP contribution in [0.1, 0.15) is 28.5 Å². The van der Waals surface area contributed by atoms with Crippen molar-refractivity contribution in [2.45, 2.75) is 20.3 Å². The van der Waals surface area contributed by atoms with Crippen LogP contribution in [0.25, 0.3) is 0 Å². The van der Waals surface area contributed by atoms with Crippen molar-refractivity contribution >= 4 is 17.5 Å². The maximum absolute atomic E-state index is 11.3. The van der Waals surface area contributed by atoms with Crippen LogP contribution in [-0.4, -0.2) is 25.8 Å². The maximum atomic E-state index is 11.3. The number of anilines is 2. The molecule has 19 heavy (non-hydrogen) atoms. The molecule has 2 heterocycles. The third-order valence-corrected chi connectivity index (χ3v) is 2.87. The van der Waals surface area contributed by atoms with Gasteiger partial charge in [-0.25, -0.2) is 9.78 Å². The van der Waals surface area contributed by atoms with E-state index < -0.39 is 5.97 Å². The molecule has 0 fully saturated rings. The molecule has 6 nitrogen and oxygen atoms in total. The van der Waals surface area contributed by atoms with E-state index >= 15 is 0 Å². The molecule has 2 N–H and O–H groups in total. The van der Waals surface area contributed by atoms with E-state index in [9.17, 15) is 9.90 Å². The molecule has 0 radical (unpaired) electrons. The average Bonchev–Trinajstić information content (AvgIpc) is 2.69. The molecule has 2 aromatic rings. The van der Waals surface area contributed by atoms with Gasteiger partial charge >= 0.3 is 5.97 Å². The van der Waals surface area contributed by atoms with Crippen molar-refractivity contribution in [3.8, 4) is 0 Å². The van der Waals surface area contributed by atoms with Gasteiger partial charge in [0.25, 0.3) is 0 Å². The minimum absolute atomic E-state index is 0.188. The van der Waals surface area contributed by atoms with Crippen molar-refractivity contribution in [2.75, 3.05) is 5.32 Å². The van der Waals surface area contributed by atoms with Gasteiger partial charge in [-0.3, -0.25) is 4.68 Å². The van der Waals surface area contributed by atoms with E-state index in [1.54, 1.807) is 23.9 Å². The highest BCUT2D eigenvalue weighted by Crippen LogP contribution is 2.23.